The molecule has 2 rings (SSSR count). The Morgan fingerprint density at radius 1 is 1.23 bits per heavy atom. The Bertz CT molecular complexity index is 768. The SMILES string of the molecule is CCNC(=NCc1ccc(S(=O)(=O)N(C)C(C)C)cc1)NCC1CCCN1CC.I. The molecule has 30 heavy (non-hydrogen) atoms. The van der Waals surface area contributed by atoms with Gasteiger partial charge in [0.2, 0.25) is 10.0 Å². The van der Waals surface area contributed by atoms with Crippen molar-refractivity contribution in [3.8, 4) is 0 Å². The van der Waals surface area contributed by atoms with Gasteiger partial charge in [-0.3, -0.25) is 4.90 Å². The maximum atomic E-state index is 12.6. The number of benzene rings is 1. The second-order valence-corrected chi connectivity index (χ2v) is 9.76. The number of hydrogen-bond acceptors (Lipinski definition) is 4. The number of guanidine groups is 1. The number of likely N-dealkylation sites (N-methyl/N-ethyl adjacent to an activating group) is 1. The van der Waals surface area contributed by atoms with Crippen molar-refractivity contribution < 1.29 is 8.42 Å². The number of aliphatic imine (C=N–C) groups is 1. The molecule has 0 amide bonds. The van der Waals surface area contributed by atoms with Gasteiger partial charge in [0, 0.05) is 32.2 Å². The molecule has 0 spiro atoms. The average Bonchev–Trinajstić information content (AvgIpc) is 3.17. The molecule has 1 aliphatic heterocycles. The van der Waals surface area contributed by atoms with E-state index in [1.165, 1.54) is 23.7 Å². The van der Waals surface area contributed by atoms with Gasteiger partial charge in [0.25, 0.3) is 0 Å². The lowest BCUT2D eigenvalue weighted by Crippen LogP contribution is -2.44. The second-order valence-electron chi connectivity index (χ2n) is 7.76. The van der Waals surface area contributed by atoms with Gasteiger partial charge >= 0.3 is 0 Å². The standard InChI is InChI=1S/C21H37N5O2S.HI/c1-6-22-21(24-16-19-9-8-14-26(19)7-2)23-15-18-10-12-20(13-11-18)29(27,28)25(5)17(3)4;/h10-13,17,19H,6-9,14-16H2,1-5H3,(H2,22,23,24);1H. The van der Waals surface area contributed by atoms with Crippen molar-refractivity contribution in [2.45, 2.75) is 64.1 Å². The lowest BCUT2D eigenvalue weighted by molar-refractivity contribution is 0.267. The van der Waals surface area contributed by atoms with E-state index >= 15 is 0 Å². The lowest BCUT2D eigenvalue weighted by atomic mass is 10.2. The summed E-state index contributed by atoms with van der Waals surface area (Å²) in [4.78, 5) is 7.48. The molecular formula is C21H38IN5O2S. The van der Waals surface area contributed by atoms with Crippen LogP contribution in [0, 0.1) is 0 Å². The highest BCUT2D eigenvalue weighted by Crippen LogP contribution is 2.18. The molecular weight excluding hydrogens is 513 g/mol. The van der Waals surface area contributed by atoms with Crippen molar-refractivity contribution in [2.75, 3.05) is 33.2 Å². The zero-order valence-electron chi connectivity index (χ0n) is 18.9. The van der Waals surface area contributed by atoms with Crippen LogP contribution in [0.1, 0.15) is 46.1 Å². The van der Waals surface area contributed by atoms with E-state index in [9.17, 15) is 8.42 Å². The van der Waals surface area contributed by atoms with E-state index < -0.39 is 10.0 Å². The Kier molecular flexibility index (Phi) is 11.6. The van der Waals surface area contributed by atoms with Crippen molar-refractivity contribution in [1.29, 1.82) is 0 Å². The molecule has 1 fully saturated rings. The molecule has 7 nitrogen and oxygen atoms in total. The van der Waals surface area contributed by atoms with E-state index in [1.807, 2.05) is 26.0 Å². The molecule has 0 bridgehead atoms. The van der Waals surface area contributed by atoms with Gasteiger partial charge < -0.3 is 10.6 Å². The summed E-state index contributed by atoms with van der Waals surface area (Å²) in [6.07, 6.45) is 2.48. The van der Waals surface area contributed by atoms with Gasteiger partial charge in [-0.15, -0.1) is 24.0 Å². The van der Waals surface area contributed by atoms with E-state index in [1.54, 1.807) is 19.2 Å². The van der Waals surface area contributed by atoms with Crippen molar-refractivity contribution >= 4 is 40.0 Å². The predicted octanol–water partition coefficient (Wildman–Crippen LogP) is 2.87. The molecule has 1 heterocycles. The lowest BCUT2D eigenvalue weighted by Gasteiger charge is -2.24. The van der Waals surface area contributed by atoms with E-state index in [-0.39, 0.29) is 30.0 Å². The molecule has 0 aromatic heterocycles. The third-order valence-corrected chi connectivity index (χ3v) is 7.55. The van der Waals surface area contributed by atoms with Gasteiger partial charge in [-0.1, -0.05) is 19.1 Å². The summed E-state index contributed by atoms with van der Waals surface area (Å²) >= 11 is 0. The highest BCUT2D eigenvalue weighted by molar-refractivity contribution is 14.0. The van der Waals surface area contributed by atoms with Gasteiger partial charge in [-0.25, -0.2) is 13.4 Å². The van der Waals surface area contributed by atoms with Crippen LogP contribution in [0.3, 0.4) is 0 Å². The van der Waals surface area contributed by atoms with Crippen molar-refractivity contribution in [2.24, 2.45) is 4.99 Å². The molecule has 1 aliphatic rings. The van der Waals surface area contributed by atoms with Crippen LogP contribution in [0.2, 0.25) is 0 Å². The highest BCUT2D eigenvalue weighted by atomic mass is 127. The minimum atomic E-state index is -3.45. The quantitative estimate of drug-likeness (QED) is 0.281. The Balaban J connectivity index is 0.00000450. The fourth-order valence-corrected chi connectivity index (χ4v) is 4.85. The molecule has 1 aromatic carbocycles. The van der Waals surface area contributed by atoms with Crippen LogP contribution >= 0.6 is 24.0 Å². The summed E-state index contributed by atoms with van der Waals surface area (Å²) in [5, 5.41) is 6.75. The smallest absolute Gasteiger partial charge is 0.243 e. The minimum absolute atomic E-state index is 0. The fraction of sp³-hybridized carbons (Fsp3) is 0.667. The van der Waals surface area contributed by atoms with Crippen LogP contribution in [0.5, 0.6) is 0 Å². The summed E-state index contributed by atoms with van der Waals surface area (Å²) in [6.45, 7) is 12.4. The fourth-order valence-electron chi connectivity index (χ4n) is 3.48. The van der Waals surface area contributed by atoms with Gasteiger partial charge in [-0.05, 0) is 64.4 Å². The number of sulfonamides is 1. The summed E-state index contributed by atoms with van der Waals surface area (Å²) in [5.41, 5.74) is 0.976. The van der Waals surface area contributed by atoms with Crippen LogP contribution in [-0.4, -0.2) is 68.9 Å². The summed E-state index contributed by atoms with van der Waals surface area (Å²) in [6, 6.07) is 7.48. The molecule has 172 valence electrons. The first kappa shape index (κ1) is 27.1. The summed E-state index contributed by atoms with van der Waals surface area (Å²) in [7, 11) is -1.84. The van der Waals surface area contributed by atoms with Crippen molar-refractivity contribution in [1.82, 2.24) is 19.8 Å². The first-order valence-electron chi connectivity index (χ1n) is 10.6. The molecule has 0 aliphatic carbocycles. The second kappa shape index (κ2) is 12.8. The molecule has 1 unspecified atom stereocenters. The van der Waals surface area contributed by atoms with Crippen LogP contribution in [-0.2, 0) is 16.6 Å². The maximum Gasteiger partial charge on any atom is 0.243 e. The highest BCUT2D eigenvalue weighted by Gasteiger charge is 2.23. The normalized spacial score (nSPS) is 18.0. The molecule has 9 heteroatoms. The van der Waals surface area contributed by atoms with Crippen molar-refractivity contribution in [3.05, 3.63) is 29.8 Å². The van der Waals surface area contributed by atoms with E-state index in [4.69, 9.17) is 0 Å². The third-order valence-electron chi connectivity index (χ3n) is 5.50. The zero-order valence-corrected chi connectivity index (χ0v) is 22.0. The first-order chi connectivity index (χ1) is 13.8. The van der Waals surface area contributed by atoms with E-state index in [0.717, 1.165) is 31.2 Å². The number of nitrogens with one attached hydrogen (secondary N) is 2. The average molecular weight is 552 g/mol. The first-order valence-corrected chi connectivity index (χ1v) is 12.1. The minimum Gasteiger partial charge on any atom is -0.357 e. The van der Waals surface area contributed by atoms with Crippen LogP contribution in [0.4, 0.5) is 0 Å². The Morgan fingerprint density at radius 3 is 2.47 bits per heavy atom. The Labute approximate surface area is 199 Å². The number of rotatable bonds is 9. The van der Waals surface area contributed by atoms with Gasteiger partial charge in [0.1, 0.15) is 0 Å². The summed E-state index contributed by atoms with van der Waals surface area (Å²) in [5.74, 6) is 0.798. The molecule has 0 radical (unpaired) electrons. The van der Waals surface area contributed by atoms with Gasteiger partial charge in [-0.2, -0.15) is 4.31 Å². The van der Waals surface area contributed by atoms with Crippen LogP contribution in [0.15, 0.2) is 34.2 Å². The Morgan fingerprint density at radius 2 is 1.90 bits per heavy atom. The number of likely N-dealkylation sites (tertiary alicyclic amines) is 1. The van der Waals surface area contributed by atoms with Gasteiger partial charge in [0.15, 0.2) is 5.96 Å². The maximum absolute atomic E-state index is 12.6. The van der Waals surface area contributed by atoms with Gasteiger partial charge in [0.05, 0.1) is 11.4 Å². The number of halogens is 1. The zero-order chi connectivity index (χ0) is 21.4. The predicted molar refractivity (Wildman–Crippen MR) is 135 cm³/mol. The van der Waals surface area contributed by atoms with Crippen LogP contribution < -0.4 is 10.6 Å². The molecule has 2 N–H and O–H groups in total. The number of hydrogen-bond donors (Lipinski definition) is 2. The molecule has 1 saturated heterocycles. The molecule has 0 saturated carbocycles. The molecule has 1 aromatic rings. The molecule has 1 atom stereocenters. The van der Waals surface area contributed by atoms with E-state index in [0.29, 0.717) is 17.5 Å². The summed E-state index contributed by atoms with van der Waals surface area (Å²) < 4.78 is 26.5. The topological polar surface area (TPSA) is 77.0 Å². The third kappa shape index (κ3) is 7.35. The van der Waals surface area contributed by atoms with Crippen LogP contribution in [0.25, 0.3) is 0 Å². The number of nitrogens with zero attached hydrogens (tertiary/aromatic N) is 3. The van der Waals surface area contributed by atoms with Crippen molar-refractivity contribution in [3.63, 3.8) is 0 Å². The largest absolute Gasteiger partial charge is 0.357 e. The van der Waals surface area contributed by atoms with E-state index in [2.05, 4.69) is 34.4 Å². The monoisotopic (exact) mass is 551 g/mol. The Hall–Kier alpha value is -0.910.